The summed E-state index contributed by atoms with van der Waals surface area (Å²) in [5.74, 6) is -2.51. The van der Waals surface area contributed by atoms with Crippen molar-refractivity contribution in [1.29, 1.82) is 0 Å². The fourth-order valence-corrected chi connectivity index (χ4v) is 2.10. The molecule has 0 aromatic rings. The molecule has 130 valence electrons. The largest absolute Gasteiger partial charge is 0.493 e. The second kappa shape index (κ2) is 7.40. The van der Waals surface area contributed by atoms with Gasteiger partial charge < -0.3 is 35.6 Å². The minimum atomic E-state index is -2.04. The van der Waals surface area contributed by atoms with Gasteiger partial charge in [0, 0.05) is 6.42 Å². The van der Waals surface area contributed by atoms with E-state index in [0.717, 1.165) is 0 Å². The topological polar surface area (TPSA) is 169 Å². The summed E-state index contributed by atoms with van der Waals surface area (Å²) in [4.78, 5) is 25.5. The molecule has 0 saturated carbocycles. The number of carboxylic acid groups (broad SMARTS) is 2. The molecule has 0 amide bonds. The monoisotopic (exact) mass is 332 g/mol. The van der Waals surface area contributed by atoms with Gasteiger partial charge in [-0.1, -0.05) is 0 Å². The van der Waals surface area contributed by atoms with Gasteiger partial charge in [-0.3, -0.25) is 9.79 Å². The number of aliphatic hydroxyl groups excluding tert-OH is 2. The molecule has 0 unspecified atom stereocenters. The van der Waals surface area contributed by atoms with Gasteiger partial charge in [-0.25, -0.2) is 4.79 Å². The number of nitrogens with one attached hydrogen (secondary N) is 1. The first-order chi connectivity index (χ1) is 10.7. The number of carbonyl (C=O) groups is 2. The Hall–Kier alpha value is -2.17. The molecule has 1 aliphatic rings. The van der Waals surface area contributed by atoms with Crippen LogP contribution in [0, 0.1) is 0 Å². The highest BCUT2D eigenvalue weighted by Crippen LogP contribution is 2.31. The van der Waals surface area contributed by atoms with Crippen LogP contribution in [-0.4, -0.2) is 81.2 Å². The zero-order valence-corrected chi connectivity index (χ0v) is 12.7. The molecule has 0 fully saturated rings. The summed E-state index contributed by atoms with van der Waals surface area (Å²) in [6.45, 7) is -0.0856. The van der Waals surface area contributed by atoms with Crippen LogP contribution in [0.25, 0.3) is 0 Å². The van der Waals surface area contributed by atoms with Crippen molar-refractivity contribution >= 4 is 17.7 Å². The third-order valence-corrected chi connectivity index (χ3v) is 3.38. The molecule has 0 aliphatic heterocycles. The van der Waals surface area contributed by atoms with E-state index < -0.39 is 42.8 Å². The van der Waals surface area contributed by atoms with Crippen LogP contribution in [0.5, 0.6) is 0 Å². The summed E-state index contributed by atoms with van der Waals surface area (Å²) in [6, 6.07) is -1.24. The van der Waals surface area contributed by atoms with Crippen LogP contribution in [-0.2, 0) is 14.3 Å². The molecule has 10 heteroatoms. The summed E-state index contributed by atoms with van der Waals surface area (Å²) in [6.07, 6.45) is -2.01. The fourth-order valence-electron chi connectivity index (χ4n) is 2.10. The smallest absolute Gasteiger partial charge is 0.328 e. The van der Waals surface area contributed by atoms with Crippen LogP contribution in [0.15, 0.2) is 16.4 Å². The molecule has 0 saturated heterocycles. The zero-order chi connectivity index (χ0) is 17.8. The van der Waals surface area contributed by atoms with E-state index in [1.54, 1.807) is 0 Å². The zero-order valence-electron chi connectivity index (χ0n) is 12.7. The first-order valence-corrected chi connectivity index (χ1v) is 6.71. The van der Waals surface area contributed by atoms with Gasteiger partial charge in [0.05, 0.1) is 19.4 Å². The summed E-state index contributed by atoms with van der Waals surface area (Å²) in [5.41, 5.74) is -2.23. The third kappa shape index (κ3) is 4.18. The fraction of sp³-hybridized carbons (Fsp3) is 0.615. The molecule has 1 aliphatic carbocycles. The number of carboxylic acids is 2. The first-order valence-electron chi connectivity index (χ1n) is 6.71. The highest BCUT2D eigenvalue weighted by molar-refractivity contribution is 6.05. The molecule has 0 radical (unpaired) electrons. The average Bonchev–Trinajstić information content (AvgIpc) is 2.49. The lowest BCUT2D eigenvalue weighted by Gasteiger charge is -2.38. The molecular formula is C13H20N2O8. The van der Waals surface area contributed by atoms with Crippen molar-refractivity contribution in [3.05, 3.63) is 11.5 Å². The maximum Gasteiger partial charge on any atom is 0.328 e. The van der Waals surface area contributed by atoms with Gasteiger partial charge in [0.25, 0.3) is 0 Å². The molecule has 23 heavy (non-hydrogen) atoms. The Labute approximate surface area is 131 Å². The molecule has 0 bridgehead atoms. The maximum absolute atomic E-state index is 11.0. The van der Waals surface area contributed by atoms with Crippen molar-refractivity contribution in [2.45, 2.75) is 31.1 Å². The Morgan fingerprint density at radius 3 is 2.52 bits per heavy atom. The Morgan fingerprint density at radius 1 is 1.48 bits per heavy atom. The number of aliphatic hydroxyl groups is 3. The van der Waals surface area contributed by atoms with E-state index in [4.69, 9.17) is 14.9 Å². The van der Waals surface area contributed by atoms with Crippen molar-refractivity contribution in [1.82, 2.24) is 5.32 Å². The van der Waals surface area contributed by atoms with Crippen LogP contribution in [0.4, 0.5) is 0 Å². The van der Waals surface area contributed by atoms with Crippen molar-refractivity contribution < 1.29 is 39.9 Å². The van der Waals surface area contributed by atoms with E-state index in [-0.39, 0.29) is 23.6 Å². The van der Waals surface area contributed by atoms with Gasteiger partial charge in [0.15, 0.2) is 5.76 Å². The maximum atomic E-state index is 11.0. The van der Waals surface area contributed by atoms with Crippen molar-refractivity contribution in [3.8, 4) is 0 Å². The Balaban J connectivity index is 3.37. The summed E-state index contributed by atoms with van der Waals surface area (Å²) in [7, 11) is 1.23. The molecule has 0 heterocycles. The molecule has 6 N–H and O–H groups in total. The van der Waals surface area contributed by atoms with Gasteiger partial charge in [0.1, 0.15) is 30.0 Å². The van der Waals surface area contributed by atoms with Crippen molar-refractivity contribution in [3.63, 3.8) is 0 Å². The molecule has 0 spiro atoms. The summed E-state index contributed by atoms with van der Waals surface area (Å²) < 4.78 is 5.09. The van der Waals surface area contributed by atoms with Crippen molar-refractivity contribution in [2.75, 3.05) is 20.3 Å². The number of hydrogen-bond acceptors (Lipinski definition) is 8. The summed E-state index contributed by atoms with van der Waals surface area (Å²) >= 11 is 0. The SMILES string of the molecule is COC1=C(NCC(=O)O)C[C@@](O)(CO)[C@@H](O)/C1=N\[C@@H](C)C(=O)O. The van der Waals surface area contributed by atoms with E-state index in [2.05, 4.69) is 10.3 Å². The normalized spacial score (nSPS) is 27.7. The highest BCUT2D eigenvalue weighted by atomic mass is 16.5. The second-order valence-electron chi connectivity index (χ2n) is 5.13. The molecule has 10 nitrogen and oxygen atoms in total. The lowest BCUT2D eigenvalue weighted by Crippen LogP contribution is -2.55. The van der Waals surface area contributed by atoms with Crippen LogP contribution < -0.4 is 5.32 Å². The van der Waals surface area contributed by atoms with Gasteiger partial charge >= 0.3 is 11.9 Å². The number of hydrogen-bond donors (Lipinski definition) is 6. The molecule has 1 rings (SSSR count). The van der Waals surface area contributed by atoms with Gasteiger partial charge in [-0.15, -0.1) is 0 Å². The average molecular weight is 332 g/mol. The molecule has 0 aromatic carbocycles. The predicted octanol–water partition coefficient (Wildman–Crippen LogP) is -2.08. The van der Waals surface area contributed by atoms with Crippen LogP contribution in [0.2, 0.25) is 0 Å². The van der Waals surface area contributed by atoms with Gasteiger partial charge in [-0.05, 0) is 6.92 Å². The van der Waals surface area contributed by atoms with E-state index in [1.807, 2.05) is 0 Å². The minimum Gasteiger partial charge on any atom is -0.493 e. The van der Waals surface area contributed by atoms with Crippen molar-refractivity contribution in [2.24, 2.45) is 4.99 Å². The van der Waals surface area contributed by atoms with E-state index in [1.165, 1.54) is 14.0 Å². The number of ether oxygens (including phenoxy) is 1. The number of aliphatic imine (C=N–C) groups is 1. The lowest BCUT2D eigenvalue weighted by molar-refractivity contribution is -0.138. The standard InChI is InChI=1S/C13H20N2O8/c1-6(12(20)21)15-9-10(23-2)7(14-4-8(17)18)3-13(22,5-16)11(9)19/h6,11,14,16,19,22H,3-5H2,1-2H3,(H,17,18)(H,20,21)/b15-9-/t6-,11-,13+/m0/s1. The van der Waals surface area contributed by atoms with E-state index >= 15 is 0 Å². The van der Waals surface area contributed by atoms with E-state index in [0.29, 0.717) is 0 Å². The Bertz CT molecular complexity index is 544. The van der Waals surface area contributed by atoms with Crippen LogP contribution >= 0.6 is 0 Å². The molecular weight excluding hydrogens is 312 g/mol. The quantitative estimate of drug-likeness (QED) is 0.306. The Kier molecular flexibility index (Phi) is 6.07. The third-order valence-electron chi connectivity index (χ3n) is 3.38. The highest BCUT2D eigenvalue weighted by Gasteiger charge is 2.46. The molecule has 3 atom stereocenters. The number of methoxy groups -OCH3 is 1. The second-order valence-corrected chi connectivity index (χ2v) is 5.13. The van der Waals surface area contributed by atoms with Crippen LogP contribution in [0.1, 0.15) is 13.3 Å². The number of nitrogens with zero attached hydrogens (tertiary/aromatic N) is 1. The number of rotatable bonds is 7. The predicted molar refractivity (Wildman–Crippen MR) is 76.9 cm³/mol. The Morgan fingerprint density at radius 2 is 2.09 bits per heavy atom. The molecule has 0 aromatic heterocycles. The lowest BCUT2D eigenvalue weighted by atomic mass is 9.82. The van der Waals surface area contributed by atoms with E-state index in [9.17, 15) is 24.9 Å². The first kappa shape index (κ1) is 18.9. The number of aliphatic carboxylic acids is 2. The van der Waals surface area contributed by atoms with Crippen LogP contribution in [0.3, 0.4) is 0 Å². The summed E-state index contributed by atoms with van der Waals surface area (Å²) in [5, 5.41) is 50.1. The minimum absolute atomic E-state index is 0.0648. The van der Waals surface area contributed by atoms with Gasteiger partial charge in [0.2, 0.25) is 0 Å². The van der Waals surface area contributed by atoms with Gasteiger partial charge in [-0.2, -0.15) is 0 Å².